The van der Waals surface area contributed by atoms with Crippen LogP contribution in [0.25, 0.3) is 0 Å². The van der Waals surface area contributed by atoms with Gasteiger partial charge < -0.3 is 19.9 Å². The number of carbonyl (C=O) groups excluding carboxylic acids is 1. The van der Waals surface area contributed by atoms with Crippen molar-refractivity contribution in [3.05, 3.63) is 129 Å². The van der Waals surface area contributed by atoms with E-state index in [1.54, 1.807) is 31.2 Å². The zero-order valence-corrected chi connectivity index (χ0v) is 22.1. The van der Waals surface area contributed by atoms with Crippen LogP contribution in [0, 0.1) is 0 Å². The maximum absolute atomic E-state index is 13.7. The molecule has 38 heavy (non-hydrogen) atoms. The molecule has 0 aliphatic carbocycles. The van der Waals surface area contributed by atoms with Crippen molar-refractivity contribution >= 4 is 23.5 Å². The van der Waals surface area contributed by atoms with Gasteiger partial charge in [-0.05, 0) is 42.2 Å². The fraction of sp³-hybridized carbons (Fsp3) is 0.226. The van der Waals surface area contributed by atoms with Crippen molar-refractivity contribution in [1.82, 2.24) is 5.32 Å². The van der Waals surface area contributed by atoms with Crippen molar-refractivity contribution in [1.29, 1.82) is 0 Å². The number of esters is 1. The monoisotopic (exact) mass is 531 g/mol. The number of carbonyl (C=O) groups is 2. The van der Waals surface area contributed by atoms with Gasteiger partial charge in [0.2, 0.25) is 0 Å². The molecule has 0 radical (unpaired) electrons. The number of nitrogens with one attached hydrogen (secondary N) is 1. The molecule has 0 fully saturated rings. The molecule has 2 N–H and O–H groups in total. The Hall–Kier alpha value is -3.87. The highest BCUT2D eigenvalue weighted by molar-refractivity contribution is 6.30. The van der Waals surface area contributed by atoms with Crippen molar-refractivity contribution < 1.29 is 24.2 Å². The number of carboxylic acid groups (broad SMARTS) is 1. The summed E-state index contributed by atoms with van der Waals surface area (Å²) in [6.07, 6.45) is 0.558. The molecule has 7 heteroatoms. The van der Waals surface area contributed by atoms with Gasteiger partial charge in [-0.3, -0.25) is 0 Å². The Labute approximate surface area is 227 Å². The van der Waals surface area contributed by atoms with E-state index in [-0.39, 0.29) is 30.3 Å². The Morgan fingerprint density at radius 1 is 0.947 bits per heavy atom. The lowest BCUT2D eigenvalue weighted by atomic mass is 9.80. The third-order valence-electron chi connectivity index (χ3n) is 6.61. The van der Waals surface area contributed by atoms with Gasteiger partial charge in [-0.1, -0.05) is 84.4 Å². The number of methoxy groups -OCH3 is 1. The predicted molar refractivity (Wildman–Crippen MR) is 147 cm³/mol. The van der Waals surface area contributed by atoms with Crippen molar-refractivity contribution in [2.24, 2.45) is 0 Å². The van der Waals surface area contributed by atoms with Crippen molar-refractivity contribution in [2.45, 2.75) is 25.2 Å². The van der Waals surface area contributed by atoms with E-state index in [1.165, 1.54) is 7.11 Å². The molecule has 0 amide bonds. The number of benzene rings is 3. The molecule has 1 aliphatic heterocycles. The molecule has 1 heterocycles. The second-order valence-electron chi connectivity index (χ2n) is 9.08. The quantitative estimate of drug-likeness (QED) is 0.310. The second-order valence-corrected chi connectivity index (χ2v) is 9.52. The van der Waals surface area contributed by atoms with Crippen LogP contribution in [0.4, 0.5) is 0 Å². The van der Waals surface area contributed by atoms with Crippen molar-refractivity contribution in [3.63, 3.8) is 0 Å². The molecule has 0 saturated heterocycles. The van der Waals surface area contributed by atoms with Crippen molar-refractivity contribution in [3.8, 4) is 0 Å². The van der Waals surface area contributed by atoms with E-state index >= 15 is 0 Å². The summed E-state index contributed by atoms with van der Waals surface area (Å²) in [6, 6.07) is 27.0. The highest BCUT2D eigenvalue weighted by Gasteiger charge is 2.38. The Balaban J connectivity index is 1.64. The largest absolute Gasteiger partial charge is 0.478 e. The molecule has 0 bridgehead atoms. The third-order valence-corrected chi connectivity index (χ3v) is 6.84. The normalized spacial score (nSPS) is 15.4. The van der Waals surface area contributed by atoms with Crippen molar-refractivity contribution in [2.75, 3.05) is 20.3 Å². The molecule has 3 aromatic rings. The molecule has 196 valence electrons. The Kier molecular flexibility index (Phi) is 9.00. The second kappa shape index (κ2) is 12.6. The lowest BCUT2D eigenvalue weighted by molar-refractivity contribution is -0.139. The summed E-state index contributed by atoms with van der Waals surface area (Å²) in [5.41, 5.74) is 3.99. The van der Waals surface area contributed by atoms with Crippen LogP contribution in [-0.2, 0) is 19.1 Å². The van der Waals surface area contributed by atoms with E-state index in [9.17, 15) is 14.7 Å². The van der Waals surface area contributed by atoms with E-state index in [2.05, 4.69) is 29.6 Å². The van der Waals surface area contributed by atoms with Crippen LogP contribution in [-0.4, -0.2) is 37.4 Å². The standard InChI is InChI=1S/C31H30ClNO5/c1-20-27(30(34)35)28(23-14-9-15-24(32)18-23)29(26(33-20)19-37-2)31(36)38-17-16-25(21-10-5-3-6-11-21)22-12-7-4-8-13-22/h3-15,18,25,28,33H,16-17,19H2,1-2H3,(H,34,35). The molecule has 6 nitrogen and oxygen atoms in total. The SMILES string of the molecule is COCC1=C(C(=O)OCCC(c2ccccc2)c2ccccc2)C(c2cccc(Cl)c2)C(C(=O)O)=C(C)N1. The van der Waals surface area contributed by atoms with Crippen LogP contribution in [0.3, 0.4) is 0 Å². The summed E-state index contributed by atoms with van der Waals surface area (Å²) in [5, 5.41) is 13.6. The van der Waals surface area contributed by atoms with E-state index in [4.69, 9.17) is 21.1 Å². The van der Waals surface area contributed by atoms with E-state index < -0.39 is 17.9 Å². The molecule has 4 rings (SSSR count). The predicted octanol–water partition coefficient (Wildman–Crippen LogP) is 6.05. The van der Waals surface area contributed by atoms with Gasteiger partial charge in [0.1, 0.15) is 0 Å². The van der Waals surface area contributed by atoms with Crippen LogP contribution in [0.15, 0.2) is 107 Å². The Bertz CT molecular complexity index is 1310. The fourth-order valence-corrected chi connectivity index (χ4v) is 5.14. The zero-order valence-electron chi connectivity index (χ0n) is 21.3. The maximum atomic E-state index is 13.7. The number of allylic oxidation sites excluding steroid dienone is 1. The fourth-order valence-electron chi connectivity index (χ4n) is 4.94. The average Bonchev–Trinajstić information content (AvgIpc) is 2.91. The van der Waals surface area contributed by atoms with Crippen LogP contribution in [0.1, 0.15) is 41.9 Å². The van der Waals surface area contributed by atoms with Gasteiger partial charge in [0.25, 0.3) is 0 Å². The summed E-state index contributed by atoms with van der Waals surface area (Å²) >= 11 is 6.25. The number of ether oxygens (including phenoxy) is 2. The maximum Gasteiger partial charge on any atom is 0.336 e. The van der Waals surface area contributed by atoms with Gasteiger partial charge in [-0.25, -0.2) is 9.59 Å². The number of carboxylic acids is 1. The molecular formula is C31H30ClNO5. The average molecular weight is 532 g/mol. The van der Waals surface area contributed by atoms with E-state index in [0.29, 0.717) is 28.4 Å². The first kappa shape index (κ1) is 27.2. The summed E-state index contributed by atoms with van der Waals surface area (Å²) in [6.45, 7) is 1.90. The summed E-state index contributed by atoms with van der Waals surface area (Å²) in [5.74, 6) is -2.57. The summed E-state index contributed by atoms with van der Waals surface area (Å²) in [7, 11) is 1.52. The molecule has 1 unspecified atom stereocenters. The van der Waals surface area contributed by atoms with Gasteiger partial charge in [-0.2, -0.15) is 0 Å². The minimum Gasteiger partial charge on any atom is -0.478 e. The first-order valence-electron chi connectivity index (χ1n) is 12.4. The van der Waals surface area contributed by atoms with Crippen LogP contribution >= 0.6 is 11.6 Å². The Morgan fingerprint density at radius 3 is 2.13 bits per heavy atom. The van der Waals surface area contributed by atoms with E-state index in [1.807, 2.05) is 36.4 Å². The van der Waals surface area contributed by atoms with Crippen LogP contribution in [0.2, 0.25) is 5.02 Å². The summed E-state index contributed by atoms with van der Waals surface area (Å²) in [4.78, 5) is 26.0. The third kappa shape index (κ3) is 6.15. The number of dihydropyridines is 1. The van der Waals surface area contributed by atoms with Gasteiger partial charge in [-0.15, -0.1) is 0 Å². The van der Waals surface area contributed by atoms with Gasteiger partial charge in [0, 0.05) is 23.7 Å². The van der Waals surface area contributed by atoms with E-state index in [0.717, 1.165) is 11.1 Å². The van der Waals surface area contributed by atoms with Crippen LogP contribution < -0.4 is 5.32 Å². The molecule has 0 saturated carbocycles. The Morgan fingerprint density at radius 2 is 1.58 bits per heavy atom. The highest BCUT2D eigenvalue weighted by atomic mass is 35.5. The molecule has 0 spiro atoms. The number of aliphatic carboxylic acids is 1. The first-order valence-corrected chi connectivity index (χ1v) is 12.7. The number of rotatable bonds is 10. The number of hydrogen-bond donors (Lipinski definition) is 2. The summed E-state index contributed by atoms with van der Waals surface area (Å²) < 4.78 is 11.2. The molecule has 1 aliphatic rings. The number of hydrogen-bond acceptors (Lipinski definition) is 5. The van der Waals surface area contributed by atoms with Gasteiger partial charge >= 0.3 is 11.9 Å². The van der Waals surface area contributed by atoms with Crippen LogP contribution in [0.5, 0.6) is 0 Å². The lowest BCUT2D eigenvalue weighted by Crippen LogP contribution is -2.34. The topological polar surface area (TPSA) is 84.9 Å². The van der Waals surface area contributed by atoms with Gasteiger partial charge in [0.05, 0.1) is 36.0 Å². The molecule has 0 aromatic heterocycles. The van der Waals surface area contributed by atoms with Gasteiger partial charge in [0.15, 0.2) is 0 Å². The lowest BCUT2D eigenvalue weighted by Gasteiger charge is -2.31. The smallest absolute Gasteiger partial charge is 0.336 e. The minimum atomic E-state index is -1.13. The molecular weight excluding hydrogens is 502 g/mol. The highest BCUT2D eigenvalue weighted by Crippen LogP contribution is 2.40. The zero-order chi connectivity index (χ0) is 27.1. The number of halogens is 1. The first-order chi connectivity index (χ1) is 18.4. The molecule has 1 atom stereocenters. The minimum absolute atomic E-state index is 0.0301. The molecule has 3 aromatic carbocycles.